The van der Waals surface area contributed by atoms with E-state index in [-0.39, 0.29) is 62.2 Å². The second-order valence-electron chi connectivity index (χ2n) is 24.6. The van der Waals surface area contributed by atoms with E-state index in [9.17, 15) is 28.8 Å². The number of esters is 4. The van der Waals surface area contributed by atoms with Gasteiger partial charge in [0, 0.05) is 92.1 Å². The van der Waals surface area contributed by atoms with E-state index in [2.05, 4.69) is 9.97 Å². The number of carbonyl (C=O) groups is 8. The summed E-state index contributed by atoms with van der Waals surface area (Å²) in [6.07, 6.45) is 1.00. The highest BCUT2D eigenvalue weighted by Gasteiger charge is 2.43. The number of cyclic esters (lactones) is 4. The molecule has 22 nitrogen and oxygen atoms in total. The molecule has 4 aromatic rings. The van der Waals surface area contributed by atoms with Crippen molar-refractivity contribution >= 4 is 47.5 Å². The predicted molar refractivity (Wildman–Crippen MR) is 329 cm³/mol. The molecule has 1 saturated heterocycles. The number of benzene rings is 2. The summed E-state index contributed by atoms with van der Waals surface area (Å²) in [5.74, 6) is -6.04. The van der Waals surface area contributed by atoms with E-state index in [1.165, 1.54) is 42.0 Å². The first-order valence-corrected chi connectivity index (χ1v) is 30.8. The molecule has 8 atom stereocenters. The molecule has 88 heavy (non-hydrogen) atoms. The van der Waals surface area contributed by atoms with Crippen LogP contribution in [0, 0.1) is 23.7 Å². The van der Waals surface area contributed by atoms with E-state index in [0.717, 1.165) is 42.4 Å². The van der Waals surface area contributed by atoms with Gasteiger partial charge in [0.15, 0.2) is 24.4 Å². The van der Waals surface area contributed by atoms with E-state index in [0.29, 0.717) is 50.6 Å². The summed E-state index contributed by atoms with van der Waals surface area (Å²) in [6.45, 7) is 24.0. The summed E-state index contributed by atoms with van der Waals surface area (Å²) < 4.78 is 39.5. The van der Waals surface area contributed by atoms with Crippen LogP contribution in [0.15, 0.2) is 73.3 Å². The number of carbonyl (C=O) groups excluding carboxylic acids is 8. The first-order chi connectivity index (χ1) is 41.6. The Bertz CT molecular complexity index is 2730. The number of aromatic nitrogens is 4. The third-order valence-corrected chi connectivity index (χ3v) is 15.5. The smallest absolute Gasteiger partial charge is 0.329 e. The summed E-state index contributed by atoms with van der Waals surface area (Å²) in [5.41, 5.74) is 3.04. The first-order valence-electron chi connectivity index (χ1n) is 30.8. The topological polar surface area (TPSA) is 241 Å². The summed E-state index contributed by atoms with van der Waals surface area (Å²) in [4.78, 5) is 132. The molecular weight excluding hydrogens is 1130 g/mol. The van der Waals surface area contributed by atoms with Crippen LogP contribution in [0.25, 0.3) is 0 Å². The van der Waals surface area contributed by atoms with Gasteiger partial charge in [0.2, 0.25) is 0 Å². The molecule has 1 aliphatic heterocycles. The van der Waals surface area contributed by atoms with Crippen molar-refractivity contribution in [1.82, 2.24) is 38.7 Å². The number of nitrogens with zero attached hydrogens (tertiary/aromatic N) is 8. The third kappa shape index (κ3) is 20.3. The van der Waals surface area contributed by atoms with Crippen LogP contribution in [0.2, 0.25) is 0 Å². The first kappa shape index (κ1) is 71.3. The van der Waals surface area contributed by atoms with E-state index in [1.54, 1.807) is 12.4 Å². The molecule has 0 N–H and O–H groups in total. The zero-order valence-electron chi connectivity index (χ0n) is 54.6. The normalized spacial score (nSPS) is 22.2. The quantitative estimate of drug-likeness (QED) is 0.0557. The molecule has 1 aliphatic rings. The fourth-order valence-electron chi connectivity index (χ4n) is 10.5. The highest BCUT2D eigenvalue weighted by molar-refractivity contribution is 5.94. The van der Waals surface area contributed by atoms with Crippen LogP contribution in [0.4, 0.5) is 0 Å². The fraction of sp³-hybridized carbons (Fsp3) is 0.606. The number of hydrogen-bond acceptors (Lipinski definition) is 16. The number of ether oxygens (including phenoxy) is 6. The molecule has 0 radical (unpaired) electrons. The number of hydrogen-bond donors (Lipinski definition) is 0. The van der Waals surface area contributed by atoms with Crippen LogP contribution in [0.3, 0.4) is 0 Å². The van der Waals surface area contributed by atoms with E-state index >= 15 is 9.59 Å². The Kier molecular flexibility index (Phi) is 27.4. The van der Waals surface area contributed by atoms with Crippen molar-refractivity contribution in [3.8, 4) is 0 Å². The third-order valence-electron chi connectivity index (χ3n) is 15.5. The largest absolute Gasteiger partial charge is 0.451 e. The lowest BCUT2D eigenvalue weighted by Crippen LogP contribution is -2.55. The molecule has 0 unspecified atom stereocenters. The van der Waals surface area contributed by atoms with Crippen molar-refractivity contribution in [1.29, 1.82) is 0 Å². The molecule has 22 heteroatoms. The second kappa shape index (κ2) is 33.8. The lowest BCUT2D eigenvalue weighted by atomic mass is 9.99. The Balaban J connectivity index is 1.57. The fourth-order valence-corrected chi connectivity index (χ4v) is 10.5. The average Bonchev–Trinajstić information content (AvgIpc) is 4.31. The second-order valence-corrected chi connectivity index (χ2v) is 24.6. The SMILES string of the molecule is CCOCc1nccn1Cc1ccc(C[C@H]2OC(=O)[C@H](CC(C)C)N(C)C(=O)[C@@H](C)OC(=O)[C@H](CC(C)C)N(C)C(=O)[C@@H](Cc3ccc(Cn4ccnc4COCC)cc3)OC(=O)[C@H](CC(C)C)N(C)C(=O)[C@@H](C)OC(=O)[C@H](CC(C)C)N(C)C2=O)cc1. The Hall–Kier alpha value is -7.46. The molecule has 5 rings (SSSR count). The lowest BCUT2D eigenvalue weighted by Gasteiger charge is -2.35. The highest BCUT2D eigenvalue weighted by atomic mass is 16.6. The van der Waals surface area contributed by atoms with Gasteiger partial charge in [-0.05, 0) is 99.3 Å². The van der Waals surface area contributed by atoms with Gasteiger partial charge in [-0.15, -0.1) is 0 Å². The lowest BCUT2D eigenvalue weighted by molar-refractivity contribution is -0.176. The molecule has 0 bridgehead atoms. The van der Waals surface area contributed by atoms with Crippen LogP contribution >= 0.6 is 0 Å². The summed E-state index contributed by atoms with van der Waals surface area (Å²) in [5, 5.41) is 0. The van der Waals surface area contributed by atoms with Crippen LogP contribution in [0.5, 0.6) is 0 Å². The molecule has 3 heterocycles. The van der Waals surface area contributed by atoms with Crippen LogP contribution in [-0.2, 0) is 106 Å². The van der Waals surface area contributed by atoms with Crippen molar-refractivity contribution < 1.29 is 66.8 Å². The summed E-state index contributed by atoms with van der Waals surface area (Å²) in [7, 11) is 5.57. The van der Waals surface area contributed by atoms with Crippen molar-refractivity contribution in [2.75, 3.05) is 41.4 Å². The van der Waals surface area contributed by atoms with Gasteiger partial charge in [0.25, 0.3) is 23.6 Å². The molecule has 1 fully saturated rings. The molecule has 0 spiro atoms. The van der Waals surface area contributed by atoms with Gasteiger partial charge >= 0.3 is 23.9 Å². The van der Waals surface area contributed by atoms with Crippen LogP contribution in [-0.4, -0.2) is 176 Å². The Morgan fingerprint density at radius 3 is 0.977 bits per heavy atom. The summed E-state index contributed by atoms with van der Waals surface area (Å²) >= 11 is 0. The maximum atomic E-state index is 15.1. The number of amides is 4. The molecule has 2 aromatic heterocycles. The minimum Gasteiger partial charge on any atom is -0.451 e. The van der Waals surface area contributed by atoms with E-state index in [1.807, 2.05) is 139 Å². The average molecular weight is 1230 g/mol. The van der Waals surface area contributed by atoms with Gasteiger partial charge in [0.1, 0.15) is 49.0 Å². The zero-order chi connectivity index (χ0) is 65.1. The van der Waals surface area contributed by atoms with Crippen molar-refractivity contribution in [3.63, 3.8) is 0 Å². The van der Waals surface area contributed by atoms with Crippen molar-refractivity contribution in [2.24, 2.45) is 23.7 Å². The molecule has 2 aromatic carbocycles. The maximum absolute atomic E-state index is 15.1. The van der Waals surface area contributed by atoms with Gasteiger partial charge in [-0.3, -0.25) is 19.2 Å². The van der Waals surface area contributed by atoms with Gasteiger partial charge < -0.3 is 57.2 Å². The minimum absolute atomic E-state index is 0.0729. The number of rotatable bonds is 22. The maximum Gasteiger partial charge on any atom is 0.329 e. The Morgan fingerprint density at radius 1 is 0.420 bits per heavy atom. The number of likely N-dealkylation sites (N-methyl/N-ethyl adjacent to an activating group) is 4. The molecule has 0 saturated carbocycles. The highest BCUT2D eigenvalue weighted by Crippen LogP contribution is 2.25. The van der Waals surface area contributed by atoms with E-state index < -0.39 is 96.1 Å². The van der Waals surface area contributed by atoms with Crippen LogP contribution in [0.1, 0.15) is 143 Å². The Labute approximate surface area is 519 Å². The van der Waals surface area contributed by atoms with Crippen molar-refractivity contribution in [2.45, 2.75) is 196 Å². The molecule has 484 valence electrons. The van der Waals surface area contributed by atoms with Gasteiger partial charge in [-0.25, -0.2) is 29.1 Å². The molecule has 0 aliphatic carbocycles. The van der Waals surface area contributed by atoms with Gasteiger partial charge in [-0.1, -0.05) is 104 Å². The number of imidazole rings is 2. The predicted octanol–water partition coefficient (Wildman–Crippen LogP) is 7.23. The molecule has 4 amide bonds. The monoisotopic (exact) mass is 1220 g/mol. The standard InChI is InChI=1S/C66H96N8O14/c1-17-83-39-57-67-27-29-73(57)37-49-23-19-47(20-24-49)35-55-61(77)71(15)51(31-41(3)4)63(79)85-46(12)60(76)70(14)54(34-44(9)10)66(82)88-56(36-48-21-25-50(26-22-48)38-74-30-28-68-58(74)40-84-18-2)62(78)72(16)52(32-42(5)6)64(80)86-45(11)59(75)69(13)53(33-43(7)8)65(81)87-55/h19-30,41-46,51-56H,17-18,31-40H2,1-16H3/t45-,46-,51+,52+,53+,54+,55-,56-/m1/s1. The van der Waals surface area contributed by atoms with Crippen LogP contribution < -0.4 is 0 Å². The Morgan fingerprint density at radius 2 is 0.693 bits per heavy atom. The van der Waals surface area contributed by atoms with Gasteiger partial charge in [-0.2, -0.15) is 0 Å². The summed E-state index contributed by atoms with van der Waals surface area (Å²) in [6, 6.07) is 9.58. The zero-order valence-corrected chi connectivity index (χ0v) is 54.6. The van der Waals surface area contributed by atoms with E-state index in [4.69, 9.17) is 28.4 Å². The van der Waals surface area contributed by atoms with Crippen molar-refractivity contribution in [3.05, 3.63) is 107 Å². The molecular formula is C66H96N8O14. The minimum atomic E-state index is -1.55. The van der Waals surface area contributed by atoms with Gasteiger partial charge in [0.05, 0.1) is 0 Å².